The molecule has 5 nitrogen and oxygen atoms in total. The molecule has 1 N–H and O–H groups in total. The molecule has 0 unspecified atom stereocenters. The largest absolute Gasteiger partial charge is 0.370 e. The van der Waals surface area contributed by atoms with E-state index in [1.807, 2.05) is 12.1 Å². The molecule has 0 radical (unpaired) electrons. The third kappa shape index (κ3) is 4.47. The van der Waals surface area contributed by atoms with Crippen molar-refractivity contribution in [3.63, 3.8) is 0 Å². The molecule has 1 aromatic carbocycles. The van der Waals surface area contributed by atoms with Crippen LogP contribution in [-0.4, -0.2) is 36.1 Å². The second-order valence-electron chi connectivity index (χ2n) is 6.35. The summed E-state index contributed by atoms with van der Waals surface area (Å²) in [5.74, 6) is -0.354. The summed E-state index contributed by atoms with van der Waals surface area (Å²) < 4.78 is 13.7. The number of nitrogens with zero attached hydrogens (tertiary/aromatic N) is 3. The van der Waals surface area contributed by atoms with Gasteiger partial charge in [-0.2, -0.15) is 0 Å². The van der Waals surface area contributed by atoms with E-state index in [2.05, 4.69) is 15.2 Å². The first-order valence-corrected chi connectivity index (χ1v) is 8.59. The Labute approximate surface area is 147 Å². The van der Waals surface area contributed by atoms with Crippen LogP contribution < -0.4 is 10.2 Å². The average molecular weight is 342 g/mol. The fourth-order valence-electron chi connectivity index (χ4n) is 3.06. The maximum absolute atomic E-state index is 13.7. The van der Waals surface area contributed by atoms with Crippen molar-refractivity contribution in [2.45, 2.75) is 25.8 Å². The second kappa shape index (κ2) is 7.96. The molecule has 1 fully saturated rings. The van der Waals surface area contributed by atoms with Crippen LogP contribution in [0.4, 0.5) is 20.6 Å². The van der Waals surface area contributed by atoms with Crippen LogP contribution in [0.2, 0.25) is 0 Å². The van der Waals surface area contributed by atoms with Crippen LogP contribution in [0.3, 0.4) is 0 Å². The number of hydrogen-bond donors (Lipinski definition) is 1. The summed E-state index contributed by atoms with van der Waals surface area (Å²) in [4.78, 5) is 20.3. The van der Waals surface area contributed by atoms with Gasteiger partial charge in [0.05, 0.1) is 11.4 Å². The summed E-state index contributed by atoms with van der Waals surface area (Å²) in [5.41, 5.74) is 2.39. The molecule has 0 bridgehead atoms. The first-order valence-electron chi connectivity index (χ1n) is 8.59. The van der Waals surface area contributed by atoms with E-state index in [1.165, 1.54) is 18.6 Å². The predicted molar refractivity (Wildman–Crippen MR) is 97.2 cm³/mol. The monoisotopic (exact) mass is 342 g/mol. The van der Waals surface area contributed by atoms with Crippen molar-refractivity contribution in [1.29, 1.82) is 0 Å². The van der Waals surface area contributed by atoms with E-state index in [1.54, 1.807) is 30.4 Å². The normalized spacial score (nSPS) is 14.2. The quantitative estimate of drug-likeness (QED) is 0.917. The molecule has 1 aromatic heterocycles. The SMILES string of the molecule is CN(Cc1ccncc1)C(=O)Nc1cc(F)ccc1N1CCCCC1. The third-order valence-electron chi connectivity index (χ3n) is 4.41. The molecule has 0 saturated carbocycles. The van der Waals surface area contributed by atoms with E-state index in [4.69, 9.17) is 0 Å². The van der Waals surface area contributed by atoms with Gasteiger partial charge >= 0.3 is 6.03 Å². The zero-order valence-corrected chi connectivity index (χ0v) is 14.4. The zero-order chi connectivity index (χ0) is 17.6. The molecular weight excluding hydrogens is 319 g/mol. The topological polar surface area (TPSA) is 48.5 Å². The van der Waals surface area contributed by atoms with Crippen LogP contribution in [0, 0.1) is 5.82 Å². The maximum Gasteiger partial charge on any atom is 0.321 e. The molecule has 0 spiro atoms. The lowest BCUT2D eigenvalue weighted by Crippen LogP contribution is -2.33. The van der Waals surface area contributed by atoms with Crippen LogP contribution >= 0.6 is 0 Å². The highest BCUT2D eigenvalue weighted by Crippen LogP contribution is 2.29. The van der Waals surface area contributed by atoms with Crippen LogP contribution in [0.5, 0.6) is 0 Å². The van der Waals surface area contributed by atoms with Crippen molar-refractivity contribution in [3.05, 3.63) is 54.1 Å². The summed E-state index contributed by atoms with van der Waals surface area (Å²) >= 11 is 0. The fraction of sp³-hybridized carbons (Fsp3) is 0.368. The molecular formula is C19H23FN4O. The highest BCUT2D eigenvalue weighted by molar-refractivity contribution is 5.93. The van der Waals surface area contributed by atoms with Gasteiger partial charge in [0.1, 0.15) is 5.82 Å². The van der Waals surface area contributed by atoms with E-state index in [9.17, 15) is 9.18 Å². The van der Waals surface area contributed by atoms with Gasteiger partial charge in [0.15, 0.2) is 0 Å². The number of aromatic nitrogens is 1. The van der Waals surface area contributed by atoms with Crippen LogP contribution in [-0.2, 0) is 6.54 Å². The Kier molecular flexibility index (Phi) is 5.48. The smallest absolute Gasteiger partial charge is 0.321 e. The van der Waals surface area contributed by atoms with Gasteiger partial charge in [0.2, 0.25) is 0 Å². The summed E-state index contributed by atoms with van der Waals surface area (Å²) in [6.45, 7) is 2.32. The second-order valence-corrected chi connectivity index (χ2v) is 6.35. The van der Waals surface area contributed by atoms with Crippen molar-refractivity contribution in [2.75, 3.05) is 30.4 Å². The number of pyridine rings is 1. The minimum atomic E-state index is -0.354. The molecule has 0 atom stereocenters. The molecule has 2 aromatic rings. The van der Waals surface area contributed by atoms with Crippen molar-refractivity contribution in [3.8, 4) is 0 Å². The molecule has 3 rings (SSSR count). The lowest BCUT2D eigenvalue weighted by Gasteiger charge is -2.31. The number of nitrogens with one attached hydrogen (secondary N) is 1. The van der Waals surface area contributed by atoms with Gasteiger partial charge in [0.25, 0.3) is 0 Å². The molecule has 0 aliphatic carbocycles. The lowest BCUT2D eigenvalue weighted by molar-refractivity contribution is 0.220. The summed E-state index contributed by atoms with van der Waals surface area (Å²) in [6, 6.07) is 8.05. The lowest BCUT2D eigenvalue weighted by atomic mass is 10.1. The number of benzene rings is 1. The summed E-state index contributed by atoms with van der Waals surface area (Å²) in [6.07, 6.45) is 6.84. The van der Waals surface area contributed by atoms with Gasteiger partial charge in [-0.1, -0.05) is 0 Å². The van der Waals surface area contributed by atoms with Crippen molar-refractivity contribution in [2.24, 2.45) is 0 Å². The Balaban J connectivity index is 1.72. The third-order valence-corrected chi connectivity index (χ3v) is 4.41. The number of amides is 2. The van der Waals surface area contributed by atoms with Gasteiger partial charge < -0.3 is 15.1 Å². The number of urea groups is 1. The van der Waals surface area contributed by atoms with E-state index >= 15 is 0 Å². The molecule has 1 aliphatic heterocycles. The Morgan fingerprint density at radius 2 is 1.92 bits per heavy atom. The van der Waals surface area contributed by atoms with Crippen molar-refractivity contribution < 1.29 is 9.18 Å². The standard InChI is InChI=1S/C19H23FN4O/c1-23(14-15-7-9-21-10-8-15)19(25)22-17-13-16(20)5-6-18(17)24-11-3-2-4-12-24/h5-10,13H,2-4,11-12,14H2,1H3,(H,22,25). The van der Waals surface area contributed by atoms with Crippen molar-refractivity contribution in [1.82, 2.24) is 9.88 Å². The molecule has 1 saturated heterocycles. The van der Waals surface area contributed by atoms with Gasteiger partial charge in [-0.05, 0) is 55.2 Å². The Bertz CT molecular complexity index is 717. The van der Waals surface area contributed by atoms with E-state index in [-0.39, 0.29) is 11.8 Å². The Hall–Kier alpha value is -2.63. The number of halogens is 1. The van der Waals surface area contributed by atoms with Gasteiger partial charge in [0, 0.05) is 39.1 Å². The minimum absolute atomic E-state index is 0.263. The molecule has 2 heterocycles. The Morgan fingerprint density at radius 1 is 1.20 bits per heavy atom. The van der Waals surface area contributed by atoms with Gasteiger partial charge in [-0.25, -0.2) is 9.18 Å². The summed E-state index contributed by atoms with van der Waals surface area (Å²) in [7, 11) is 1.72. The van der Waals surface area contributed by atoms with Crippen LogP contribution in [0.15, 0.2) is 42.7 Å². The van der Waals surface area contributed by atoms with Crippen LogP contribution in [0.1, 0.15) is 24.8 Å². The maximum atomic E-state index is 13.7. The number of carbonyl (C=O) groups is 1. The predicted octanol–water partition coefficient (Wildman–Crippen LogP) is 3.87. The first-order chi connectivity index (χ1) is 12.1. The summed E-state index contributed by atoms with van der Waals surface area (Å²) in [5, 5.41) is 2.86. The van der Waals surface area contributed by atoms with Crippen LogP contribution in [0.25, 0.3) is 0 Å². The van der Waals surface area contributed by atoms with Gasteiger partial charge in [-0.3, -0.25) is 4.98 Å². The Morgan fingerprint density at radius 3 is 2.64 bits per heavy atom. The number of anilines is 2. The van der Waals surface area contributed by atoms with Gasteiger partial charge in [-0.15, -0.1) is 0 Å². The molecule has 132 valence electrons. The number of piperidine rings is 1. The minimum Gasteiger partial charge on any atom is -0.370 e. The number of hydrogen-bond acceptors (Lipinski definition) is 3. The average Bonchev–Trinajstić information content (AvgIpc) is 2.63. The number of rotatable bonds is 4. The fourth-order valence-corrected chi connectivity index (χ4v) is 3.06. The highest BCUT2D eigenvalue weighted by Gasteiger charge is 2.18. The highest BCUT2D eigenvalue weighted by atomic mass is 19.1. The molecule has 25 heavy (non-hydrogen) atoms. The number of carbonyl (C=O) groups excluding carboxylic acids is 1. The van der Waals surface area contributed by atoms with Crippen molar-refractivity contribution >= 4 is 17.4 Å². The zero-order valence-electron chi connectivity index (χ0n) is 14.4. The molecule has 1 aliphatic rings. The van der Waals surface area contributed by atoms with E-state index in [0.29, 0.717) is 12.2 Å². The molecule has 2 amide bonds. The van der Waals surface area contributed by atoms with E-state index < -0.39 is 0 Å². The first kappa shape index (κ1) is 17.2. The van der Waals surface area contributed by atoms with E-state index in [0.717, 1.165) is 37.2 Å². The molecule has 6 heteroatoms.